The second kappa shape index (κ2) is 7.47. The maximum atomic E-state index is 14.6. The summed E-state index contributed by atoms with van der Waals surface area (Å²) in [6.07, 6.45) is 3.03. The van der Waals surface area contributed by atoms with Gasteiger partial charge >= 0.3 is 0 Å². The summed E-state index contributed by atoms with van der Waals surface area (Å²) < 4.78 is 14.6. The van der Waals surface area contributed by atoms with Crippen molar-refractivity contribution in [2.45, 2.75) is 45.7 Å². The second-order valence-electron chi connectivity index (χ2n) is 7.73. The number of hydrogen-bond donors (Lipinski definition) is 1. The number of aromatic nitrogens is 2. The van der Waals surface area contributed by atoms with E-state index in [-0.39, 0.29) is 23.8 Å². The zero-order valence-corrected chi connectivity index (χ0v) is 16.6. The van der Waals surface area contributed by atoms with E-state index in [2.05, 4.69) is 20.2 Å². The highest BCUT2D eigenvalue weighted by molar-refractivity contribution is 5.93. The fourth-order valence-corrected chi connectivity index (χ4v) is 4.22. The number of aryl methyl sites for hydroxylation is 2. The van der Waals surface area contributed by atoms with Gasteiger partial charge in [-0.1, -0.05) is 19.1 Å². The van der Waals surface area contributed by atoms with Gasteiger partial charge in [0, 0.05) is 30.9 Å². The number of hydrogen-bond acceptors (Lipinski definition) is 5. The van der Waals surface area contributed by atoms with Gasteiger partial charge in [0.05, 0.1) is 12.2 Å². The zero-order chi connectivity index (χ0) is 19.8. The van der Waals surface area contributed by atoms with Crippen LogP contribution in [0.3, 0.4) is 0 Å². The van der Waals surface area contributed by atoms with Gasteiger partial charge in [-0.15, -0.1) is 0 Å². The molecule has 1 amide bonds. The molecule has 3 aliphatic rings. The van der Waals surface area contributed by atoms with Crippen LogP contribution in [-0.4, -0.2) is 52.5 Å². The summed E-state index contributed by atoms with van der Waals surface area (Å²) in [4.78, 5) is 24.9. The van der Waals surface area contributed by atoms with Gasteiger partial charge in [0.1, 0.15) is 6.33 Å². The quantitative estimate of drug-likeness (QED) is 0.860. The first kappa shape index (κ1) is 18.8. The normalized spacial score (nSPS) is 21.4. The van der Waals surface area contributed by atoms with E-state index in [9.17, 15) is 9.18 Å². The number of carbonyl (C=O) groups excluding carboxylic acids is 1. The first-order valence-corrected chi connectivity index (χ1v) is 9.84. The fourth-order valence-electron chi connectivity index (χ4n) is 4.22. The Labute approximate surface area is 164 Å². The predicted octanol–water partition coefficient (Wildman–Crippen LogP) is 2.70. The number of amides is 1. The highest BCUT2D eigenvalue weighted by Crippen LogP contribution is 2.34. The molecule has 1 aromatic heterocycles. The monoisotopic (exact) mass is 383 g/mol. The highest BCUT2D eigenvalue weighted by Gasteiger charge is 2.46. The van der Waals surface area contributed by atoms with Gasteiger partial charge in [-0.25, -0.2) is 14.4 Å². The number of nitrogens with one attached hydrogen (secondary N) is 1. The van der Waals surface area contributed by atoms with Crippen LogP contribution < -0.4 is 10.2 Å². The van der Waals surface area contributed by atoms with Crippen LogP contribution >= 0.6 is 0 Å². The molecular formula is C21H26FN5O. The topological polar surface area (TPSA) is 61.4 Å². The predicted molar refractivity (Wildman–Crippen MR) is 107 cm³/mol. The number of nitrogens with zero attached hydrogens (tertiary/aromatic N) is 4. The first-order chi connectivity index (χ1) is 13.5. The van der Waals surface area contributed by atoms with Crippen molar-refractivity contribution in [2.24, 2.45) is 0 Å². The third kappa shape index (κ3) is 3.35. The number of piperidine rings is 1. The molecular weight excluding hydrogens is 357 g/mol. The lowest BCUT2D eigenvalue weighted by Gasteiger charge is -2.56. The number of benzene rings is 1. The van der Waals surface area contributed by atoms with E-state index in [4.69, 9.17) is 0 Å². The van der Waals surface area contributed by atoms with E-state index in [1.165, 1.54) is 6.33 Å². The summed E-state index contributed by atoms with van der Waals surface area (Å²) in [6.45, 7) is 7.68. The summed E-state index contributed by atoms with van der Waals surface area (Å²) >= 11 is 0. The van der Waals surface area contributed by atoms with Crippen LogP contribution in [0.25, 0.3) is 0 Å². The lowest BCUT2D eigenvalue weighted by Crippen LogP contribution is -2.70. The number of piperazine rings is 1. The molecule has 2 atom stereocenters. The average molecular weight is 383 g/mol. The molecule has 5 rings (SSSR count). The van der Waals surface area contributed by atoms with E-state index in [1.54, 1.807) is 0 Å². The minimum absolute atomic E-state index is 0.00154. The van der Waals surface area contributed by atoms with E-state index < -0.39 is 0 Å². The standard InChI is InChI=1S/C21H26FN5O/c1-4-17-20(22)21(24-12-23-17)26-9-15-8-16(10-26)27(15)11-19(28)25-18-7-5-6-13(2)14(18)3/h5-7,12,15-16H,4,8-11H2,1-3H3,(H,25,28). The Kier molecular flexibility index (Phi) is 5.02. The summed E-state index contributed by atoms with van der Waals surface area (Å²) in [7, 11) is 0. The smallest absolute Gasteiger partial charge is 0.238 e. The molecule has 6 nitrogen and oxygen atoms in total. The van der Waals surface area contributed by atoms with Crippen molar-refractivity contribution in [3.05, 3.63) is 47.2 Å². The molecule has 2 unspecified atom stereocenters. The van der Waals surface area contributed by atoms with Gasteiger partial charge < -0.3 is 10.2 Å². The van der Waals surface area contributed by atoms with Crippen LogP contribution in [0.4, 0.5) is 15.9 Å². The van der Waals surface area contributed by atoms with Crippen molar-refractivity contribution < 1.29 is 9.18 Å². The molecule has 0 aliphatic carbocycles. The first-order valence-electron chi connectivity index (χ1n) is 9.84. The lowest BCUT2D eigenvalue weighted by molar-refractivity contribution is -0.121. The van der Waals surface area contributed by atoms with Crippen molar-refractivity contribution in [3.8, 4) is 0 Å². The van der Waals surface area contributed by atoms with Crippen molar-refractivity contribution in [1.82, 2.24) is 14.9 Å². The molecule has 0 saturated carbocycles. The molecule has 1 N–H and O–H groups in total. The molecule has 3 fully saturated rings. The average Bonchev–Trinajstić information content (AvgIpc) is 2.70. The Bertz CT molecular complexity index is 890. The third-order valence-corrected chi connectivity index (χ3v) is 6.03. The van der Waals surface area contributed by atoms with Crippen LogP contribution in [0.2, 0.25) is 0 Å². The van der Waals surface area contributed by atoms with Crippen molar-refractivity contribution in [1.29, 1.82) is 0 Å². The Morgan fingerprint density at radius 3 is 2.71 bits per heavy atom. The zero-order valence-electron chi connectivity index (χ0n) is 16.6. The molecule has 1 aromatic carbocycles. The molecule has 3 aliphatic heterocycles. The van der Waals surface area contributed by atoms with E-state index >= 15 is 0 Å². The van der Waals surface area contributed by atoms with Crippen LogP contribution in [-0.2, 0) is 11.2 Å². The second-order valence-corrected chi connectivity index (χ2v) is 7.73. The molecule has 2 aromatic rings. The molecule has 3 saturated heterocycles. The molecule has 28 heavy (non-hydrogen) atoms. The summed E-state index contributed by atoms with van der Waals surface area (Å²) in [6, 6.07) is 6.43. The maximum Gasteiger partial charge on any atom is 0.238 e. The number of rotatable bonds is 5. The van der Waals surface area contributed by atoms with Crippen LogP contribution in [0.1, 0.15) is 30.2 Å². The highest BCUT2D eigenvalue weighted by atomic mass is 19.1. The molecule has 0 spiro atoms. The van der Waals surface area contributed by atoms with E-state index in [0.29, 0.717) is 37.6 Å². The Morgan fingerprint density at radius 1 is 1.25 bits per heavy atom. The van der Waals surface area contributed by atoms with Gasteiger partial charge in [-0.3, -0.25) is 9.69 Å². The van der Waals surface area contributed by atoms with E-state index in [1.807, 2.05) is 43.9 Å². The lowest BCUT2D eigenvalue weighted by atomic mass is 9.87. The Morgan fingerprint density at radius 2 is 2.00 bits per heavy atom. The largest absolute Gasteiger partial charge is 0.351 e. The van der Waals surface area contributed by atoms with Gasteiger partial charge in [0.15, 0.2) is 11.6 Å². The fraction of sp³-hybridized carbons (Fsp3) is 0.476. The molecule has 7 heteroatoms. The number of carbonyl (C=O) groups is 1. The van der Waals surface area contributed by atoms with Crippen LogP contribution in [0, 0.1) is 19.7 Å². The van der Waals surface area contributed by atoms with Crippen LogP contribution in [0.15, 0.2) is 24.5 Å². The molecule has 2 bridgehead atoms. The molecule has 148 valence electrons. The van der Waals surface area contributed by atoms with E-state index in [0.717, 1.165) is 23.2 Å². The van der Waals surface area contributed by atoms with Gasteiger partial charge in [-0.05, 0) is 43.9 Å². The Balaban J connectivity index is 1.39. The number of fused-ring (bicyclic) bond motifs is 2. The maximum absolute atomic E-state index is 14.6. The summed E-state index contributed by atoms with van der Waals surface area (Å²) in [5.74, 6) is 0.0740. The van der Waals surface area contributed by atoms with Crippen molar-refractivity contribution >= 4 is 17.4 Å². The minimum atomic E-state index is -0.314. The molecule has 4 heterocycles. The summed E-state index contributed by atoms with van der Waals surface area (Å²) in [5.41, 5.74) is 3.57. The number of anilines is 2. The van der Waals surface area contributed by atoms with Gasteiger partial charge in [-0.2, -0.15) is 0 Å². The SMILES string of the molecule is CCc1ncnc(N2CC3CC(C2)N3CC(=O)Nc2cccc(C)c2C)c1F. The van der Waals surface area contributed by atoms with Crippen molar-refractivity contribution in [3.63, 3.8) is 0 Å². The minimum Gasteiger partial charge on any atom is -0.351 e. The number of halogens is 1. The third-order valence-electron chi connectivity index (χ3n) is 6.03. The van der Waals surface area contributed by atoms with Gasteiger partial charge in [0.25, 0.3) is 0 Å². The summed E-state index contributed by atoms with van der Waals surface area (Å²) in [5, 5.41) is 3.03. The van der Waals surface area contributed by atoms with Crippen molar-refractivity contribution in [2.75, 3.05) is 29.9 Å². The Hall–Kier alpha value is -2.54. The molecule has 0 radical (unpaired) electrons. The van der Waals surface area contributed by atoms with Gasteiger partial charge in [0.2, 0.25) is 5.91 Å². The van der Waals surface area contributed by atoms with Crippen LogP contribution in [0.5, 0.6) is 0 Å².